The van der Waals surface area contributed by atoms with E-state index in [1.165, 1.54) is 0 Å². The highest BCUT2D eigenvalue weighted by atomic mass is 16.4. The van der Waals surface area contributed by atoms with Crippen molar-refractivity contribution in [2.45, 2.75) is 19.3 Å². The number of hydrogen-bond acceptors (Lipinski definition) is 3. The number of carbonyl (C=O) groups is 3. The van der Waals surface area contributed by atoms with Gasteiger partial charge in [0.25, 0.3) is 11.7 Å². The molecule has 4 rings (SSSR count). The molecule has 6 heteroatoms. The third-order valence-electron chi connectivity index (χ3n) is 5.58. The number of ketones is 1. The predicted molar refractivity (Wildman–Crippen MR) is 123 cm³/mol. The minimum atomic E-state index is -1.06. The zero-order valence-electron chi connectivity index (χ0n) is 17.7. The molecule has 0 atom stereocenters. The van der Waals surface area contributed by atoms with Gasteiger partial charge in [-0.3, -0.25) is 14.4 Å². The Balaban J connectivity index is 1.65. The zero-order valence-corrected chi connectivity index (χ0v) is 17.7. The summed E-state index contributed by atoms with van der Waals surface area (Å²) in [6.45, 7) is 3.21. The fourth-order valence-corrected chi connectivity index (χ4v) is 3.58. The quantitative estimate of drug-likeness (QED) is 0.343. The van der Waals surface area contributed by atoms with Crippen LogP contribution in [-0.4, -0.2) is 27.2 Å². The molecule has 0 radical (unpaired) electrons. The number of amides is 1. The van der Waals surface area contributed by atoms with Crippen molar-refractivity contribution in [3.05, 3.63) is 96.3 Å². The lowest BCUT2D eigenvalue weighted by atomic mass is 9.85. The number of fused-ring (bicyclic) bond motifs is 1. The van der Waals surface area contributed by atoms with E-state index >= 15 is 0 Å². The number of rotatable bonds is 6. The molecule has 0 spiro atoms. The number of pyridine rings is 1. The van der Waals surface area contributed by atoms with Crippen molar-refractivity contribution in [1.29, 1.82) is 0 Å². The van der Waals surface area contributed by atoms with Crippen LogP contribution in [0.3, 0.4) is 0 Å². The SMILES string of the molecule is CC(C)(C(=O)O)c1ccc(NC(=O)C(=O)c2c(-c3ccccc3)cc3ccccn23)cc1. The minimum absolute atomic E-state index is 0.285. The van der Waals surface area contributed by atoms with Crippen molar-refractivity contribution >= 4 is 28.9 Å². The van der Waals surface area contributed by atoms with Gasteiger partial charge in [-0.25, -0.2) is 0 Å². The molecule has 0 aliphatic rings. The maximum Gasteiger partial charge on any atom is 0.313 e. The third kappa shape index (κ3) is 3.78. The Labute approximate surface area is 185 Å². The Bertz CT molecular complexity index is 1320. The summed E-state index contributed by atoms with van der Waals surface area (Å²) < 4.78 is 1.71. The van der Waals surface area contributed by atoms with E-state index in [0.717, 1.165) is 11.1 Å². The highest BCUT2D eigenvalue weighted by Gasteiger charge is 2.29. The molecular formula is C26H22N2O4. The van der Waals surface area contributed by atoms with E-state index in [2.05, 4.69) is 5.32 Å². The number of Topliss-reactive ketones (excluding diaryl/α,β-unsaturated/α-hetero) is 1. The first-order valence-corrected chi connectivity index (χ1v) is 10.1. The molecule has 32 heavy (non-hydrogen) atoms. The van der Waals surface area contributed by atoms with Gasteiger partial charge in [-0.15, -0.1) is 0 Å². The Morgan fingerprint density at radius 1 is 0.875 bits per heavy atom. The number of anilines is 1. The number of aromatic nitrogens is 1. The number of hydrogen-bond donors (Lipinski definition) is 2. The van der Waals surface area contributed by atoms with Crippen molar-refractivity contribution in [2.24, 2.45) is 0 Å². The number of carboxylic acids is 1. The standard InChI is InChI=1S/C26H22N2O4/c1-26(2,25(31)32)18-11-13-19(14-12-18)27-24(30)23(29)22-21(17-8-4-3-5-9-17)16-20-10-6-7-15-28(20)22/h3-16H,1-2H3,(H,27,30)(H,31,32). The first-order valence-electron chi connectivity index (χ1n) is 10.1. The van der Waals surface area contributed by atoms with Crippen molar-refractivity contribution in [2.75, 3.05) is 5.32 Å². The first kappa shape index (κ1) is 21.1. The van der Waals surface area contributed by atoms with Crippen LogP contribution in [0.1, 0.15) is 29.9 Å². The molecule has 2 aromatic heterocycles. The van der Waals surface area contributed by atoms with E-state index in [9.17, 15) is 19.5 Å². The van der Waals surface area contributed by atoms with Crippen molar-refractivity contribution in [3.63, 3.8) is 0 Å². The number of nitrogens with one attached hydrogen (secondary N) is 1. The topological polar surface area (TPSA) is 87.9 Å². The van der Waals surface area contributed by atoms with Gasteiger partial charge >= 0.3 is 5.97 Å². The molecular weight excluding hydrogens is 404 g/mol. The van der Waals surface area contributed by atoms with Gasteiger partial charge in [0, 0.05) is 23.0 Å². The third-order valence-corrected chi connectivity index (χ3v) is 5.58. The Morgan fingerprint density at radius 2 is 1.53 bits per heavy atom. The lowest BCUT2D eigenvalue weighted by Crippen LogP contribution is -2.28. The Kier molecular flexibility index (Phi) is 5.36. The summed E-state index contributed by atoms with van der Waals surface area (Å²) in [5, 5.41) is 12.0. The smallest absolute Gasteiger partial charge is 0.313 e. The molecule has 6 nitrogen and oxygen atoms in total. The van der Waals surface area contributed by atoms with Crippen molar-refractivity contribution in [3.8, 4) is 11.1 Å². The van der Waals surface area contributed by atoms with Crippen LogP contribution in [-0.2, 0) is 15.0 Å². The van der Waals surface area contributed by atoms with Crippen LogP contribution in [0.4, 0.5) is 5.69 Å². The number of aliphatic carboxylic acids is 1. The van der Waals surface area contributed by atoms with Gasteiger partial charge in [0.1, 0.15) is 5.69 Å². The molecule has 4 aromatic rings. The van der Waals surface area contributed by atoms with Crippen LogP contribution in [0.25, 0.3) is 16.6 Å². The van der Waals surface area contributed by atoms with Crippen LogP contribution in [0.2, 0.25) is 0 Å². The summed E-state index contributed by atoms with van der Waals surface area (Å²) in [6.07, 6.45) is 1.76. The molecule has 0 saturated carbocycles. The van der Waals surface area contributed by atoms with E-state index in [1.54, 1.807) is 54.8 Å². The van der Waals surface area contributed by atoms with E-state index in [1.807, 2.05) is 48.5 Å². The van der Waals surface area contributed by atoms with Crippen LogP contribution < -0.4 is 5.32 Å². The van der Waals surface area contributed by atoms with Crippen molar-refractivity contribution in [1.82, 2.24) is 4.40 Å². The summed E-state index contributed by atoms with van der Waals surface area (Å²) in [6, 6.07) is 23.4. The largest absolute Gasteiger partial charge is 0.481 e. The fraction of sp³-hybridized carbons (Fsp3) is 0.115. The van der Waals surface area contributed by atoms with Gasteiger partial charge in [0.2, 0.25) is 0 Å². The molecule has 0 saturated heterocycles. The second kappa shape index (κ2) is 8.15. The van der Waals surface area contributed by atoms with E-state index < -0.39 is 23.1 Å². The molecule has 160 valence electrons. The summed E-state index contributed by atoms with van der Waals surface area (Å²) in [7, 11) is 0. The molecule has 1 amide bonds. The number of benzene rings is 2. The van der Waals surface area contributed by atoms with Gasteiger partial charge in [0.05, 0.1) is 5.41 Å². The van der Waals surface area contributed by atoms with E-state index in [-0.39, 0.29) is 5.69 Å². The molecule has 0 aliphatic heterocycles. The predicted octanol–water partition coefficient (Wildman–Crippen LogP) is 4.79. The van der Waals surface area contributed by atoms with Gasteiger partial charge in [0.15, 0.2) is 0 Å². The average Bonchev–Trinajstić information content (AvgIpc) is 3.19. The second-order valence-corrected chi connectivity index (χ2v) is 8.06. The van der Waals surface area contributed by atoms with Crippen LogP contribution in [0, 0.1) is 0 Å². The number of carbonyl (C=O) groups excluding carboxylic acids is 2. The summed E-state index contributed by atoms with van der Waals surface area (Å²) in [4.78, 5) is 37.5. The van der Waals surface area contributed by atoms with Crippen molar-refractivity contribution < 1.29 is 19.5 Å². The molecule has 0 unspecified atom stereocenters. The molecule has 2 heterocycles. The summed E-state index contributed by atoms with van der Waals surface area (Å²) >= 11 is 0. The highest BCUT2D eigenvalue weighted by molar-refractivity contribution is 6.47. The molecule has 0 aliphatic carbocycles. The van der Waals surface area contributed by atoms with Gasteiger partial charge in [-0.05, 0) is 55.3 Å². The Hall–Kier alpha value is -4.19. The lowest BCUT2D eigenvalue weighted by Gasteiger charge is -2.19. The molecule has 2 aromatic carbocycles. The number of nitrogens with zero attached hydrogens (tertiary/aromatic N) is 1. The summed E-state index contributed by atoms with van der Waals surface area (Å²) in [5.41, 5.74) is 2.56. The molecule has 0 bridgehead atoms. The number of carboxylic acid groups (broad SMARTS) is 1. The zero-order chi connectivity index (χ0) is 22.9. The van der Waals surface area contributed by atoms with E-state index in [4.69, 9.17) is 0 Å². The van der Waals surface area contributed by atoms with Crippen LogP contribution >= 0.6 is 0 Å². The maximum atomic E-state index is 13.2. The summed E-state index contributed by atoms with van der Waals surface area (Å²) in [5.74, 6) is -2.38. The first-order chi connectivity index (χ1) is 15.3. The van der Waals surface area contributed by atoms with Crippen LogP contribution in [0.5, 0.6) is 0 Å². The maximum absolute atomic E-state index is 13.2. The monoisotopic (exact) mass is 426 g/mol. The molecule has 2 N–H and O–H groups in total. The highest BCUT2D eigenvalue weighted by Crippen LogP contribution is 2.29. The van der Waals surface area contributed by atoms with Gasteiger partial charge < -0.3 is 14.8 Å². The lowest BCUT2D eigenvalue weighted by molar-refractivity contribution is -0.142. The fourth-order valence-electron chi connectivity index (χ4n) is 3.58. The van der Waals surface area contributed by atoms with Gasteiger partial charge in [-0.2, -0.15) is 0 Å². The Morgan fingerprint density at radius 3 is 2.19 bits per heavy atom. The normalized spacial score (nSPS) is 11.3. The minimum Gasteiger partial charge on any atom is -0.481 e. The van der Waals surface area contributed by atoms with Gasteiger partial charge in [-0.1, -0.05) is 48.5 Å². The molecule has 0 fully saturated rings. The average molecular weight is 426 g/mol. The van der Waals surface area contributed by atoms with E-state index in [0.29, 0.717) is 16.8 Å². The van der Waals surface area contributed by atoms with Crippen LogP contribution in [0.15, 0.2) is 85.1 Å². The second-order valence-electron chi connectivity index (χ2n) is 8.06.